The summed E-state index contributed by atoms with van der Waals surface area (Å²) in [5, 5.41) is 2.41. The van der Waals surface area contributed by atoms with Crippen molar-refractivity contribution in [2.75, 3.05) is 9.80 Å². The molecular formula is C25H27N3O2S. The van der Waals surface area contributed by atoms with Crippen LogP contribution in [0.4, 0.5) is 16.5 Å². The van der Waals surface area contributed by atoms with Crippen molar-refractivity contribution in [2.45, 2.75) is 40.7 Å². The largest absolute Gasteiger partial charge is 0.306 e. The molecular weight excluding hydrogens is 406 g/mol. The molecule has 6 heteroatoms. The lowest BCUT2D eigenvalue weighted by molar-refractivity contribution is -0.116. The van der Waals surface area contributed by atoms with Gasteiger partial charge < -0.3 is 4.90 Å². The first kappa shape index (κ1) is 22.4. The van der Waals surface area contributed by atoms with Crippen LogP contribution in [0.2, 0.25) is 0 Å². The number of aromatic nitrogens is 1. The van der Waals surface area contributed by atoms with Crippen molar-refractivity contribution < 1.29 is 9.59 Å². The first-order chi connectivity index (χ1) is 14.8. The van der Waals surface area contributed by atoms with E-state index < -0.39 is 0 Å². The number of para-hydroxylation sites is 1. The van der Waals surface area contributed by atoms with Crippen LogP contribution in [0.3, 0.4) is 0 Å². The van der Waals surface area contributed by atoms with Gasteiger partial charge >= 0.3 is 0 Å². The number of nitrogens with zero attached hydrogens (tertiary/aromatic N) is 3. The van der Waals surface area contributed by atoms with Crippen LogP contribution in [0, 0.1) is 13.8 Å². The maximum atomic E-state index is 13.0. The van der Waals surface area contributed by atoms with Crippen molar-refractivity contribution in [1.29, 1.82) is 0 Å². The predicted molar refractivity (Wildman–Crippen MR) is 129 cm³/mol. The van der Waals surface area contributed by atoms with Crippen molar-refractivity contribution in [3.8, 4) is 0 Å². The van der Waals surface area contributed by atoms with Gasteiger partial charge in [-0.25, -0.2) is 4.98 Å². The van der Waals surface area contributed by atoms with Gasteiger partial charge in [-0.15, -0.1) is 11.3 Å². The number of carbonyl (C=O) groups excluding carboxylic acids is 2. The standard InChI is InChI=1S/C25H27N3O2S/c1-17(2)27(23-15-18(3)11-12-19(23)4)24(30)14-13-21-16-31-25(26-21)28(20(5)29)22-9-7-6-8-10-22/h6-17H,1-5H3/b14-13+. The number of hydrogen-bond acceptors (Lipinski definition) is 4. The Morgan fingerprint density at radius 1 is 1.06 bits per heavy atom. The Morgan fingerprint density at radius 3 is 2.42 bits per heavy atom. The van der Waals surface area contributed by atoms with Gasteiger partial charge in [-0.3, -0.25) is 14.5 Å². The van der Waals surface area contributed by atoms with Gasteiger partial charge in [0.25, 0.3) is 5.91 Å². The minimum atomic E-state index is -0.118. The quantitative estimate of drug-likeness (QED) is 0.455. The highest BCUT2D eigenvalue weighted by atomic mass is 32.1. The number of hydrogen-bond donors (Lipinski definition) is 0. The number of aryl methyl sites for hydroxylation is 2. The number of rotatable bonds is 6. The minimum Gasteiger partial charge on any atom is -0.306 e. The summed E-state index contributed by atoms with van der Waals surface area (Å²) in [6, 6.07) is 15.5. The Labute approximate surface area is 187 Å². The molecule has 3 aromatic rings. The van der Waals surface area contributed by atoms with E-state index in [1.807, 2.05) is 81.6 Å². The molecule has 2 aromatic carbocycles. The number of anilines is 3. The van der Waals surface area contributed by atoms with Gasteiger partial charge in [-0.2, -0.15) is 0 Å². The third-order valence-corrected chi connectivity index (χ3v) is 5.65. The fraction of sp³-hybridized carbons (Fsp3) is 0.240. The molecule has 0 spiro atoms. The Balaban J connectivity index is 1.84. The number of carbonyl (C=O) groups is 2. The normalized spacial score (nSPS) is 11.2. The van der Waals surface area contributed by atoms with Crippen LogP contribution in [0.5, 0.6) is 0 Å². The lowest BCUT2D eigenvalue weighted by Crippen LogP contribution is -2.36. The molecule has 0 radical (unpaired) electrons. The van der Waals surface area contributed by atoms with E-state index in [1.54, 1.807) is 22.0 Å². The summed E-state index contributed by atoms with van der Waals surface area (Å²) in [7, 11) is 0. The Morgan fingerprint density at radius 2 is 1.77 bits per heavy atom. The zero-order valence-electron chi connectivity index (χ0n) is 18.5. The first-order valence-electron chi connectivity index (χ1n) is 10.2. The topological polar surface area (TPSA) is 53.5 Å². The van der Waals surface area contributed by atoms with Crippen molar-refractivity contribution >= 4 is 45.7 Å². The van der Waals surface area contributed by atoms with E-state index in [2.05, 4.69) is 4.98 Å². The highest BCUT2D eigenvalue weighted by molar-refractivity contribution is 7.14. The zero-order valence-corrected chi connectivity index (χ0v) is 19.3. The van der Waals surface area contributed by atoms with Crippen LogP contribution in [-0.4, -0.2) is 22.8 Å². The smallest absolute Gasteiger partial charge is 0.251 e. The maximum Gasteiger partial charge on any atom is 0.251 e. The van der Waals surface area contributed by atoms with Crippen molar-refractivity contribution in [2.24, 2.45) is 0 Å². The third-order valence-electron chi connectivity index (χ3n) is 4.81. The van der Waals surface area contributed by atoms with E-state index >= 15 is 0 Å². The molecule has 0 saturated carbocycles. The van der Waals surface area contributed by atoms with Crippen LogP contribution in [0.1, 0.15) is 37.6 Å². The monoisotopic (exact) mass is 433 g/mol. The van der Waals surface area contributed by atoms with Crippen LogP contribution in [0.15, 0.2) is 60.0 Å². The molecule has 2 amide bonds. The minimum absolute atomic E-state index is 0.00919. The zero-order chi connectivity index (χ0) is 22.5. The van der Waals surface area contributed by atoms with Gasteiger partial charge in [-0.1, -0.05) is 30.3 Å². The second-order valence-corrected chi connectivity index (χ2v) is 8.51. The predicted octanol–water partition coefficient (Wildman–Crippen LogP) is 5.90. The van der Waals surface area contributed by atoms with Gasteiger partial charge in [0.15, 0.2) is 5.13 Å². The average Bonchev–Trinajstić information content (AvgIpc) is 3.18. The Kier molecular flexibility index (Phi) is 7.02. The fourth-order valence-electron chi connectivity index (χ4n) is 3.33. The Bertz CT molecular complexity index is 1100. The molecule has 0 fully saturated rings. The van der Waals surface area contributed by atoms with Crippen molar-refractivity contribution in [1.82, 2.24) is 4.98 Å². The average molecular weight is 434 g/mol. The van der Waals surface area contributed by atoms with E-state index in [4.69, 9.17) is 0 Å². The molecule has 0 atom stereocenters. The summed E-state index contributed by atoms with van der Waals surface area (Å²) in [5.74, 6) is -0.224. The van der Waals surface area contributed by atoms with E-state index in [1.165, 1.54) is 18.3 Å². The summed E-state index contributed by atoms with van der Waals surface area (Å²) in [5.41, 5.74) is 4.47. The summed E-state index contributed by atoms with van der Waals surface area (Å²) in [6.07, 6.45) is 3.24. The van der Waals surface area contributed by atoms with Crippen LogP contribution < -0.4 is 9.80 Å². The molecule has 5 nitrogen and oxygen atoms in total. The maximum absolute atomic E-state index is 13.0. The molecule has 0 N–H and O–H groups in total. The van der Waals surface area contributed by atoms with E-state index in [0.29, 0.717) is 10.8 Å². The molecule has 31 heavy (non-hydrogen) atoms. The first-order valence-corrected chi connectivity index (χ1v) is 11.1. The lowest BCUT2D eigenvalue weighted by Gasteiger charge is -2.27. The molecule has 3 rings (SSSR count). The highest BCUT2D eigenvalue weighted by Gasteiger charge is 2.20. The van der Waals surface area contributed by atoms with Crippen LogP contribution in [0.25, 0.3) is 6.08 Å². The molecule has 0 aliphatic rings. The van der Waals surface area contributed by atoms with Crippen LogP contribution in [-0.2, 0) is 9.59 Å². The van der Waals surface area contributed by atoms with Gasteiger partial charge in [0, 0.05) is 30.1 Å². The molecule has 1 aromatic heterocycles. The van der Waals surface area contributed by atoms with Crippen molar-refractivity contribution in [3.05, 3.63) is 76.8 Å². The molecule has 0 saturated heterocycles. The third kappa shape index (κ3) is 5.27. The molecule has 0 bridgehead atoms. The molecule has 0 aliphatic carbocycles. The lowest BCUT2D eigenvalue weighted by atomic mass is 10.1. The van der Waals surface area contributed by atoms with Gasteiger partial charge in [0.2, 0.25) is 5.91 Å². The molecule has 0 aliphatic heterocycles. The van der Waals surface area contributed by atoms with E-state index in [9.17, 15) is 9.59 Å². The second-order valence-electron chi connectivity index (χ2n) is 7.67. The van der Waals surface area contributed by atoms with Gasteiger partial charge in [0.1, 0.15) is 0 Å². The number of amides is 2. The summed E-state index contributed by atoms with van der Waals surface area (Å²) in [4.78, 5) is 33.2. The second kappa shape index (κ2) is 9.71. The fourth-order valence-corrected chi connectivity index (χ4v) is 4.18. The molecule has 1 heterocycles. The molecule has 160 valence electrons. The summed E-state index contributed by atoms with van der Waals surface area (Å²) >= 11 is 1.37. The SMILES string of the molecule is CC(=O)N(c1ccccc1)c1nc(/C=C/C(=O)N(c2cc(C)ccc2C)C(C)C)cs1. The van der Waals surface area contributed by atoms with E-state index in [0.717, 1.165) is 22.5 Å². The molecule has 0 unspecified atom stereocenters. The van der Waals surface area contributed by atoms with Crippen molar-refractivity contribution in [3.63, 3.8) is 0 Å². The number of thiazole rings is 1. The van der Waals surface area contributed by atoms with E-state index in [-0.39, 0.29) is 17.9 Å². The van der Waals surface area contributed by atoms with Gasteiger partial charge in [-0.05, 0) is 63.1 Å². The number of benzene rings is 2. The summed E-state index contributed by atoms with van der Waals surface area (Å²) in [6.45, 7) is 9.54. The van der Waals surface area contributed by atoms with Gasteiger partial charge in [0.05, 0.1) is 11.4 Å². The Hall–Kier alpha value is -3.25. The van der Waals surface area contributed by atoms with Crippen LogP contribution >= 0.6 is 11.3 Å². The summed E-state index contributed by atoms with van der Waals surface area (Å²) < 4.78 is 0. The highest BCUT2D eigenvalue weighted by Crippen LogP contribution is 2.29.